The number of benzene rings is 1. The van der Waals surface area contributed by atoms with Crippen LogP contribution in [0.1, 0.15) is 99.0 Å². The van der Waals surface area contributed by atoms with Crippen molar-refractivity contribution in [2.45, 2.75) is 124 Å². The Balaban J connectivity index is 1.72. The minimum Gasteiger partial charge on any atom is -0.396 e. The fourth-order valence-corrected chi connectivity index (χ4v) is 8.55. The molecule has 0 saturated carbocycles. The van der Waals surface area contributed by atoms with Gasteiger partial charge >= 0.3 is 0 Å². The van der Waals surface area contributed by atoms with E-state index in [0.29, 0.717) is 19.4 Å². The molecule has 1 aromatic heterocycles. The Morgan fingerprint density at radius 3 is 2.32 bits per heavy atom. The van der Waals surface area contributed by atoms with E-state index in [1.165, 1.54) is 0 Å². The van der Waals surface area contributed by atoms with Crippen LogP contribution in [0.2, 0.25) is 0 Å². The molecule has 2 aromatic rings. The summed E-state index contributed by atoms with van der Waals surface area (Å²) in [5, 5.41) is 14.8. The maximum atomic E-state index is 14.2. The van der Waals surface area contributed by atoms with E-state index in [1.807, 2.05) is 63.8 Å². The third-order valence-corrected chi connectivity index (χ3v) is 12.0. The zero-order valence-corrected chi connectivity index (χ0v) is 34.1. The van der Waals surface area contributed by atoms with Crippen LogP contribution in [0.3, 0.4) is 0 Å². The predicted octanol–water partition coefficient (Wildman–Crippen LogP) is 6.12. The second-order valence-corrected chi connectivity index (χ2v) is 16.1. The Labute approximate surface area is 318 Å². The van der Waals surface area contributed by atoms with E-state index in [-0.39, 0.29) is 78.6 Å². The molecule has 1 aromatic carbocycles. The molecule has 0 bridgehead atoms. The number of carbonyl (C=O) groups is 4. The molecule has 296 valence electrons. The van der Waals surface area contributed by atoms with Crippen LogP contribution < -0.4 is 5.32 Å². The van der Waals surface area contributed by atoms with Gasteiger partial charge in [0.15, 0.2) is 5.78 Å². The molecule has 2 heterocycles. The van der Waals surface area contributed by atoms with Gasteiger partial charge in [0.2, 0.25) is 11.8 Å². The number of aromatic nitrogens is 1. The van der Waals surface area contributed by atoms with Crippen LogP contribution in [0.5, 0.6) is 0 Å². The summed E-state index contributed by atoms with van der Waals surface area (Å²) in [6.45, 7) is 14.3. The number of aliphatic hydroxyl groups excluding tert-OH is 1. The average Bonchev–Trinajstić information content (AvgIpc) is 3.63. The molecular formula is C43H68N4O6. The number of nitrogens with one attached hydrogen (secondary N) is 1. The summed E-state index contributed by atoms with van der Waals surface area (Å²) in [6, 6.07) is 9.10. The molecule has 0 aliphatic carbocycles. The molecular weight excluding hydrogens is 668 g/mol. The molecule has 1 saturated heterocycles. The smallest absolute Gasteiger partial charge is 0.226 e. The lowest BCUT2D eigenvalue weighted by Gasteiger charge is -2.41. The van der Waals surface area contributed by atoms with Crippen LogP contribution in [-0.4, -0.2) is 102 Å². The summed E-state index contributed by atoms with van der Waals surface area (Å²) < 4.78 is 6.03. The molecule has 10 heteroatoms. The van der Waals surface area contributed by atoms with E-state index in [4.69, 9.17) is 4.74 Å². The average molecular weight is 737 g/mol. The monoisotopic (exact) mass is 737 g/mol. The van der Waals surface area contributed by atoms with Gasteiger partial charge in [0, 0.05) is 75.5 Å². The number of hydrogen-bond donors (Lipinski definition) is 2. The standard InChI is InChI=1S/C43H68N4O6/c1-11-29(6)42(46(9)43(52)33(27(2)3)24-37(50)40(44-8)28(4)5)38(53-10)25-39(51)47-23-15-20-35(47)34(26-48)30(7)36(49)21-13-18-31-16-12-17-32-19-14-22-45-41(31)32/h12,14,16-17,19,22,27-30,33-35,38,40,42,44,48H,11,13,15,18,20-21,23-26H2,1-10H3/t29-,30+,33-,34+,35-,38+,40-,42?/m0/s1. The van der Waals surface area contributed by atoms with Gasteiger partial charge in [-0.15, -0.1) is 0 Å². The number of aryl methyl sites for hydroxylation is 1. The fourth-order valence-electron chi connectivity index (χ4n) is 8.55. The van der Waals surface area contributed by atoms with Crippen molar-refractivity contribution in [2.75, 3.05) is 34.4 Å². The lowest BCUT2D eigenvalue weighted by atomic mass is 9.82. The zero-order valence-electron chi connectivity index (χ0n) is 34.1. The van der Waals surface area contributed by atoms with E-state index in [2.05, 4.69) is 30.2 Å². The van der Waals surface area contributed by atoms with Gasteiger partial charge in [-0.3, -0.25) is 24.2 Å². The number of ketones is 2. The number of pyridine rings is 1. The number of ether oxygens (including phenoxy) is 1. The Hall–Kier alpha value is -3.21. The second kappa shape index (κ2) is 21.0. The van der Waals surface area contributed by atoms with Crippen LogP contribution in [0.25, 0.3) is 10.9 Å². The van der Waals surface area contributed by atoms with E-state index in [1.54, 1.807) is 32.3 Å². The molecule has 3 rings (SSSR count). The van der Waals surface area contributed by atoms with Crippen molar-refractivity contribution in [1.82, 2.24) is 20.1 Å². The van der Waals surface area contributed by atoms with Crippen molar-refractivity contribution in [3.63, 3.8) is 0 Å². The highest BCUT2D eigenvalue weighted by molar-refractivity contribution is 5.90. The van der Waals surface area contributed by atoms with Crippen molar-refractivity contribution >= 4 is 34.3 Å². The summed E-state index contributed by atoms with van der Waals surface area (Å²) in [6.07, 6.45) is 5.51. The molecule has 1 fully saturated rings. The number of fused-ring (bicyclic) bond motifs is 1. The number of aliphatic hydroxyl groups is 1. The lowest BCUT2D eigenvalue weighted by Crippen LogP contribution is -2.54. The number of likely N-dealkylation sites (tertiary alicyclic amines) is 1. The number of para-hydroxylation sites is 1. The zero-order chi connectivity index (χ0) is 39.4. The minimum absolute atomic E-state index is 0.0211. The maximum Gasteiger partial charge on any atom is 0.226 e. The first-order chi connectivity index (χ1) is 25.2. The van der Waals surface area contributed by atoms with E-state index in [0.717, 1.165) is 42.1 Å². The molecule has 1 aliphatic heterocycles. The number of likely N-dealkylation sites (N-methyl/N-ethyl adjacent to an activating group) is 2. The summed E-state index contributed by atoms with van der Waals surface area (Å²) in [5.41, 5.74) is 2.08. The molecule has 1 aliphatic rings. The van der Waals surface area contributed by atoms with E-state index < -0.39 is 24.0 Å². The third-order valence-electron chi connectivity index (χ3n) is 12.0. The number of Topliss-reactive ketones (excluding diaryl/α,β-unsaturated/α-hetero) is 2. The summed E-state index contributed by atoms with van der Waals surface area (Å²) in [5.74, 6) is -1.32. The van der Waals surface area contributed by atoms with Gasteiger partial charge in [0.25, 0.3) is 0 Å². The van der Waals surface area contributed by atoms with Crippen molar-refractivity contribution in [2.24, 2.45) is 35.5 Å². The highest BCUT2D eigenvalue weighted by atomic mass is 16.5. The van der Waals surface area contributed by atoms with Gasteiger partial charge in [-0.05, 0) is 62.1 Å². The van der Waals surface area contributed by atoms with Crippen LogP contribution in [0, 0.1) is 35.5 Å². The van der Waals surface area contributed by atoms with Crippen molar-refractivity contribution in [1.29, 1.82) is 0 Å². The highest BCUT2D eigenvalue weighted by Crippen LogP contribution is 2.33. The van der Waals surface area contributed by atoms with Gasteiger partial charge in [-0.1, -0.05) is 79.2 Å². The Bertz CT molecular complexity index is 1490. The van der Waals surface area contributed by atoms with E-state index in [9.17, 15) is 24.3 Å². The van der Waals surface area contributed by atoms with E-state index >= 15 is 0 Å². The summed E-state index contributed by atoms with van der Waals surface area (Å²) in [4.78, 5) is 63.3. The molecule has 53 heavy (non-hydrogen) atoms. The first-order valence-corrected chi connectivity index (χ1v) is 20.0. The van der Waals surface area contributed by atoms with Crippen molar-refractivity contribution in [3.8, 4) is 0 Å². The number of carbonyl (C=O) groups excluding carboxylic acids is 4. The van der Waals surface area contributed by atoms with Crippen LogP contribution in [0.4, 0.5) is 0 Å². The van der Waals surface area contributed by atoms with Gasteiger partial charge < -0.3 is 25.0 Å². The number of hydrogen-bond acceptors (Lipinski definition) is 8. The van der Waals surface area contributed by atoms with Gasteiger partial charge in [0.1, 0.15) is 5.78 Å². The largest absolute Gasteiger partial charge is 0.396 e. The quantitative estimate of drug-likeness (QED) is 0.148. The van der Waals surface area contributed by atoms with Gasteiger partial charge in [-0.25, -0.2) is 0 Å². The fraction of sp³-hybridized carbons (Fsp3) is 0.698. The third kappa shape index (κ3) is 11.2. The number of methoxy groups -OCH3 is 1. The lowest BCUT2D eigenvalue weighted by molar-refractivity contribution is -0.148. The van der Waals surface area contributed by atoms with Crippen molar-refractivity contribution < 1.29 is 29.0 Å². The van der Waals surface area contributed by atoms with Gasteiger partial charge in [0.05, 0.1) is 30.1 Å². The first-order valence-electron chi connectivity index (χ1n) is 20.0. The molecule has 2 amide bonds. The first kappa shape index (κ1) is 44.2. The van der Waals surface area contributed by atoms with Crippen LogP contribution in [-0.2, 0) is 30.3 Å². The molecule has 2 N–H and O–H groups in total. The maximum absolute atomic E-state index is 14.2. The number of nitrogens with zero attached hydrogens (tertiary/aromatic N) is 3. The predicted molar refractivity (Wildman–Crippen MR) is 211 cm³/mol. The highest BCUT2D eigenvalue weighted by Gasteiger charge is 2.42. The summed E-state index contributed by atoms with van der Waals surface area (Å²) in [7, 11) is 5.14. The molecule has 8 atom stereocenters. The van der Waals surface area contributed by atoms with Crippen LogP contribution >= 0.6 is 0 Å². The van der Waals surface area contributed by atoms with Crippen molar-refractivity contribution in [3.05, 3.63) is 42.1 Å². The SMILES string of the molecule is CC[C@H](C)C([C@@H](CC(=O)N1CCC[C@H]1[C@H](CO)[C@@H](C)C(=O)CCCc1cccc2cccnc12)OC)N(C)C(=O)[C@@H](CC(=O)[C@@H](NC)C(C)C)C(C)C. The summed E-state index contributed by atoms with van der Waals surface area (Å²) >= 11 is 0. The number of amides is 2. The second-order valence-electron chi connectivity index (χ2n) is 16.1. The number of rotatable bonds is 22. The van der Waals surface area contributed by atoms with Crippen LogP contribution in [0.15, 0.2) is 36.5 Å². The molecule has 10 nitrogen and oxygen atoms in total. The Morgan fingerprint density at radius 2 is 1.72 bits per heavy atom. The molecule has 0 spiro atoms. The molecule has 0 radical (unpaired) electrons. The minimum atomic E-state index is -0.577. The topological polar surface area (TPSA) is 129 Å². The van der Waals surface area contributed by atoms with Gasteiger partial charge in [-0.2, -0.15) is 0 Å². The Kier molecular flexibility index (Phi) is 17.5. The molecule has 1 unspecified atom stereocenters. The Morgan fingerprint density at radius 1 is 1.02 bits per heavy atom. The normalized spacial score (nSPS) is 18.8.